The number of aryl methyl sites for hydroxylation is 1. The van der Waals surface area contributed by atoms with Gasteiger partial charge in [0.2, 0.25) is 5.75 Å². The fraction of sp³-hybridized carbons (Fsp3) is 0.273. The van der Waals surface area contributed by atoms with Gasteiger partial charge in [0.1, 0.15) is 0 Å². The Hall–Kier alpha value is -2.22. The third-order valence-electron chi connectivity index (χ3n) is 2.23. The second kappa shape index (κ2) is 4.81. The van der Waals surface area contributed by atoms with Crippen LogP contribution in [0.15, 0.2) is 11.0 Å². The van der Waals surface area contributed by atoms with Crippen LogP contribution in [0.1, 0.15) is 22.3 Å². The highest BCUT2D eigenvalue weighted by atomic mass is 32.1. The quantitative estimate of drug-likeness (QED) is 0.756. The fourth-order valence-corrected chi connectivity index (χ4v) is 2.32. The van der Waals surface area contributed by atoms with Gasteiger partial charge in [-0.05, 0) is 6.92 Å². The first kappa shape index (κ1) is 13.2. The Kier molecular flexibility index (Phi) is 3.34. The average Bonchev–Trinajstić information content (AvgIpc) is 2.72. The van der Waals surface area contributed by atoms with Gasteiger partial charge in [0.05, 0.1) is 7.11 Å². The van der Waals surface area contributed by atoms with Crippen molar-refractivity contribution in [1.29, 1.82) is 0 Å². The number of carbonyl (C=O) groups is 2. The number of methoxy groups -OCH3 is 1. The fourth-order valence-electron chi connectivity index (χ4n) is 1.51. The van der Waals surface area contributed by atoms with Crippen LogP contribution in [0.3, 0.4) is 0 Å². The van der Waals surface area contributed by atoms with E-state index >= 15 is 0 Å². The van der Waals surface area contributed by atoms with Crippen LogP contribution >= 0.6 is 11.3 Å². The molecule has 0 fully saturated rings. The zero-order valence-corrected chi connectivity index (χ0v) is 11.2. The minimum Gasteiger partial charge on any atom is -0.464 e. The van der Waals surface area contributed by atoms with E-state index < -0.39 is 23.2 Å². The van der Waals surface area contributed by atoms with E-state index in [1.54, 1.807) is 13.1 Å². The second-order valence-electron chi connectivity index (χ2n) is 3.67. The summed E-state index contributed by atoms with van der Waals surface area (Å²) in [4.78, 5) is 40.0. The van der Waals surface area contributed by atoms with Crippen molar-refractivity contribution >= 4 is 28.2 Å². The minimum absolute atomic E-state index is 0.301. The Morgan fingerprint density at radius 1 is 1.42 bits per heavy atom. The molecule has 0 aromatic carbocycles. The van der Waals surface area contributed by atoms with E-state index in [0.29, 0.717) is 4.96 Å². The Balaban J connectivity index is 2.79. The highest BCUT2D eigenvalue weighted by Crippen LogP contribution is 2.19. The van der Waals surface area contributed by atoms with E-state index in [2.05, 4.69) is 9.72 Å². The van der Waals surface area contributed by atoms with Gasteiger partial charge in [0.15, 0.2) is 10.7 Å². The lowest BCUT2D eigenvalue weighted by molar-refractivity contribution is -0.132. The highest BCUT2D eigenvalue weighted by molar-refractivity contribution is 7.16. The molecule has 19 heavy (non-hydrogen) atoms. The smallest absolute Gasteiger partial charge is 0.360 e. The summed E-state index contributed by atoms with van der Waals surface area (Å²) in [6.07, 6.45) is 1.56. The maximum atomic E-state index is 12.2. The van der Waals surface area contributed by atoms with Gasteiger partial charge in [0.25, 0.3) is 0 Å². The van der Waals surface area contributed by atoms with E-state index in [0.717, 1.165) is 18.9 Å². The van der Waals surface area contributed by atoms with Gasteiger partial charge < -0.3 is 9.47 Å². The number of hydrogen-bond acceptors (Lipinski definition) is 7. The first-order valence-corrected chi connectivity index (χ1v) is 6.05. The van der Waals surface area contributed by atoms with Crippen LogP contribution in [-0.4, -0.2) is 28.4 Å². The summed E-state index contributed by atoms with van der Waals surface area (Å²) in [5.41, 5.74) is -0.922. The van der Waals surface area contributed by atoms with Crippen LogP contribution in [-0.2, 0) is 9.53 Å². The van der Waals surface area contributed by atoms with E-state index in [1.165, 1.54) is 15.7 Å². The summed E-state index contributed by atoms with van der Waals surface area (Å²) in [7, 11) is 1.16. The largest absolute Gasteiger partial charge is 0.464 e. The summed E-state index contributed by atoms with van der Waals surface area (Å²) < 4.78 is 10.5. The molecular weight excluding hydrogens is 272 g/mol. The monoisotopic (exact) mass is 282 g/mol. The molecule has 0 aliphatic rings. The van der Waals surface area contributed by atoms with Crippen LogP contribution in [0.25, 0.3) is 4.96 Å². The van der Waals surface area contributed by atoms with Gasteiger partial charge in [-0.15, -0.1) is 11.3 Å². The lowest BCUT2D eigenvalue weighted by Crippen LogP contribution is -2.23. The number of fused-ring (bicyclic) bond motifs is 1. The van der Waals surface area contributed by atoms with Gasteiger partial charge >= 0.3 is 17.5 Å². The lowest BCUT2D eigenvalue weighted by Gasteiger charge is -2.06. The first-order valence-electron chi connectivity index (χ1n) is 5.23. The molecule has 0 saturated heterocycles. The molecule has 0 aliphatic carbocycles. The number of esters is 2. The number of carbonyl (C=O) groups excluding carboxylic acids is 2. The molecular formula is C11H10N2O5S. The van der Waals surface area contributed by atoms with Crippen molar-refractivity contribution in [2.45, 2.75) is 13.8 Å². The van der Waals surface area contributed by atoms with Crippen LogP contribution in [0.2, 0.25) is 0 Å². The molecule has 0 bridgehead atoms. The molecule has 0 radical (unpaired) electrons. The van der Waals surface area contributed by atoms with Gasteiger partial charge in [-0.1, -0.05) is 0 Å². The molecule has 8 heteroatoms. The molecule has 0 aliphatic heterocycles. The van der Waals surface area contributed by atoms with Gasteiger partial charge in [-0.2, -0.15) is 0 Å². The van der Waals surface area contributed by atoms with E-state index in [-0.39, 0.29) is 5.69 Å². The van der Waals surface area contributed by atoms with Crippen molar-refractivity contribution < 1.29 is 19.1 Å². The third kappa shape index (κ3) is 2.34. The molecule has 0 N–H and O–H groups in total. The molecule has 0 spiro atoms. The molecule has 0 saturated carbocycles. The van der Waals surface area contributed by atoms with Crippen molar-refractivity contribution in [2.24, 2.45) is 0 Å². The molecule has 0 unspecified atom stereocenters. The number of ether oxygens (including phenoxy) is 2. The van der Waals surface area contributed by atoms with Crippen LogP contribution in [0.4, 0.5) is 0 Å². The molecule has 2 heterocycles. The van der Waals surface area contributed by atoms with Crippen molar-refractivity contribution in [2.75, 3.05) is 7.11 Å². The standard InChI is InChI=1S/C11H10N2O5S/c1-5-4-13-9(15)8(18-6(2)14)7(10(16)17-3)12-11(13)19-5/h4H,1-3H3. The summed E-state index contributed by atoms with van der Waals surface area (Å²) in [5, 5.41) is 0. The zero-order chi connectivity index (χ0) is 14.2. The molecule has 2 aromatic rings. The third-order valence-corrected chi connectivity index (χ3v) is 3.13. The Morgan fingerprint density at radius 2 is 2.11 bits per heavy atom. The molecule has 7 nitrogen and oxygen atoms in total. The van der Waals surface area contributed by atoms with E-state index in [9.17, 15) is 14.4 Å². The van der Waals surface area contributed by atoms with Crippen LogP contribution < -0.4 is 10.3 Å². The Bertz CT molecular complexity index is 730. The topological polar surface area (TPSA) is 87.0 Å². The Labute approximate surface area is 111 Å². The van der Waals surface area contributed by atoms with E-state index in [1.807, 2.05) is 0 Å². The normalized spacial score (nSPS) is 10.5. The number of hydrogen-bond donors (Lipinski definition) is 0. The SMILES string of the molecule is COC(=O)c1nc2sc(C)cn2c(=O)c1OC(C)=O. The number of rotatable bonds is 2. The molecule has 2 rings (SSSR count). The van der Waals surface area contributed by atoms with Gasteiger partial charge in [-0.3, -0.25) is 14.0 Å². The van der Waals surface area contributed by atoms with Crippen molar-refractivity contribution in [3.8, 4) is 5.75 Å². The summed E-state index contributed by atoms with van der Waals surface area (Å²) >= 11 is 1.24. The molecule has 2 aromatic heterocycles. The number of thiazole rings is 1. The Morgan fingerprint density at radius 3 is 2.68 bits per heavy atom. The van der Waals surface area contributed by atoms with E-state index in [4.69, 9.17) is 4.74 Å². The highest BCUT2D eigenvalue weighted by Gasteiger charge is 2.23. The zero-order valence-electron chi connectivity index (χ0n) is 10.4. The maximum Gasteiger partial charge on any atom is 0.360 e. The van der Waals surface area contributed by atoms with Crippen molar-refractivity contribution in [3.63, 3.8) is 0 Å². The lowest BCUT2D eigenvalue weighted by atomic mass is 10.3. The summed E-state index contributed by atoms with van der Waals surface area (Å²) in [6, 6.07) is 0. The predicted octanol–water partition coefficient (Wildman–Crippen LogP) is 0.776. The summed E-state index contributed by atoms with van der Waals surface area (Å²) in [5.74, 6) is -1.97. The number of nitrogens with zero attached hydrogens (tertiary/aromatic N) is 2. The average molecular weight is 282 g/mol. The van der Waals surface area contributed by atoms with Crippen LogP contribution in [0, 0.1) is 6.92 Å². The number of aromatic nitrogens is 2. The molecule has 100 valence electrons. The maximum absolute atomic E-state index is 12.2. The van der Waals surface area contributed by atoms with Gasteiger partial charge in [-0.25, -0.2) is 9.78 Å². The van der Waals surface area contributed by atoms with Crippen molar-refractivity contribution in [3.05, 3.63) is 27.1 Å². The predicted molar refractivity (Wildman–Crippen MR) is 66.7 cm³/mol. The van der Waals surface area contributed by atoms with Gasteiger partial charge in [0, 0.05) is 18.0 Å². The molecule has 0 amide bonds. The first-order chi connectivity index (χ1) is 8.93. The molecule has 0 atom stereocenters. The minimum atomic E-state index is -0.832. The van der Waals surface area contributed by atoms with Crippen LogP contribution in [0.5, 0.6) is 5.75 Å². The second-order valence-corrected chi connectivity index (χ2v) is 4.89. The van der Waals surface area contributed by atoms with Crippen molar-refractivity contribution in [1.82, 2.24) is 9.38 Å². The summed E-state index contributed by atoms with van der Waals surface area (Å²) in [6.45, 7) is 2.93.